The summed E-state index contributed by atoms with van der Waals surface area (Å²) in [7, 11) is 0. The Labute approximate surface area is 124 Å². The van der Waals surface area contributed by atoms with Gasteiger partial charge in [0.2, 0.25) is 11.4 Å². The van der Waals surface area contributed by atoms with Gasteiger partial charge in [-0.25, -0.2) is 19.2 Å². The first kappa shape index (κ1) is 14.8. The molecule has 2 rings (SSSR count). The Kier molecular flexibility index (Phi) is 4.08. The lowest BCUT2D eigenvalue weighted by molar-refractivity contribution is -0.385. The summed E-state index contributed by atoms with van der Waals surface area (Å²) in [5, 5.41) is 19.8. The molecule has 108 valence electrons. The minimum absolute atomic E-state index is 0.126. The summed E-state index contributed by atoms with van der Waals surface area (Å²) in [6.07, 6.45) is 2.26. The number of nitrogens with zero attached hydrogens (tertiary/aromatic N) is 3. The zero-order valence-electron chi connectivity index (χ0n) is 9.99. The third-order valence-electron chi connectivity index (χ3n) is 2.27. The predicted octanol–water partition coefficient (Wildman–Crippen LogP) is 2.78. The highest BCUT2D eigenvalue weighted by Gasteiger charge is 2.23. The van der Waals surface area contributed by atoms with Gasteiger partial charge in [-0.1, -0.05) is 0 Å². The number of carboxylic acid groups (broad SMARTS) is 1. The molecule has 1 N–H and O–H groups in total. The maximum absolute atomic E-state index is 13.5. The van der Waals surface area contributed by atoms with Gasteiger partial charge in [0.25, 0.3) is 5.88 Å². The molecule has 1 aromatic heterocycles. The van der Waals surface area contributed by atoms with Gasteiger partial charge < -0.3 is 9.84 Å². The highest BCUT2D eigenvalue weighted by Crippen LogP contribution is 2.35. The Hall–Kier alpha value is -2.62. The Morgan fingerprint density at radius 2 is 2.05 bits per heavy atom. The van der Waals surface area contributed by atoms with Crippen molar-refractivity contribution < 1.29 is 24.0 Å². The van der Waals surface area contributed by atoms with E-state index >= 15 is 0 Å². The monoisotopic (exact) mass is 357 g/mol. The average molecular weight is 358 g/mol. The van der Waals surface area contributed by atoms with E-state index in [1.807, 2.05) is 0 Å². The molecule has 0 bridgehead atoms. The third-order valence-corrected chi connectivity index (χ3v) is 2.88. The summed E-state index contributed by atoms with van der Waals surface area (Å²) in [6.45, 7) is 0. The Bertz CT molecular complexity index is 740. The Balaban J connectivity index is 2.52. The molecule has 0 spiro atoms. The van der Waals surface area contributed by atoms with Crippen molar-refractivity contribution in [2.24, 2.45) is 0 Å². The molecule has 0 radical (unpaired) electrons. The SMILES string of the molecule is O=C(O)c1nccnc1Oc1cc(F)c(Br)cc1[N+](=O)[O-]. The van der Waals surface area contributed by atoms with Crippen LogP contribution in [0.5, 0.6) is 11.6 Å². The maximum atomic E-state index is 13.5. The third kappa shape index (κ3) is 3.11. The lowest BCUT2D eigenvalue weighted by atomic mass is 10.3. The maximum Gasteiger partial charge on any atom is 0.360 e. The van der Waals surface area contributed by atoms with E-state index in [9.17, 15) is 19.3 Å². The predicted molar refractivity (Wildman–Crippen MR) is 69.8 cm³/mol. The minimum atomic E-state index is -1.43. The molecule has 0 aliphatic heterocycles. The Morgan fingerprint density at radius 3 is 2.67 bits per heavy atom. The number of nitro benzene ring substituents is 1. The van der Waals surface area contributed by atoms with Crippen LogP contribution >= 0.6 is 15.9 Å². The van der Waals surface area contributed by atoms with Gasteiger partial charge in [-0.3, -0.25) is 10.1 Å². The van der Waals surface area contributed by atoms with Gasteiger partial charge in [-0.2, -0.15) is 0 Å². The molecule has 8 nitrogen and oxygen atoms in total. The van der Waals surface area contributed by atoms with E-state index in [1.165, 1.54) is 0 Å². The standard InChI is InChI=1S/C11H5BrFN3O5/c12-5-3-7(16(19)20)8(4-6(5)13)21-10-9(11(17)18)14-1-2-15-10/h1-4H,(H,17,18). The van der Waals surface area contributed by atoms with Crippen LogP contribution in [0.15, 0.2) is 29.0 Å². The molecule has 2 aromatic rings. The van der Waals surface area contributed by atoms with Crippen molar-refractivity contribution in [3.63, 3.8) is 0 Å². The summed E-state index contributed by atoms with van der Waals surface area (Å²) in [6, 6.07) is 1.66. The van der Waals surface area contributed by atoms with Gasteiger partial charge in [0.05, 0.1) is 9.40 Å². The summed E-state index contributed by atoms with van der Waals surface area (Å²) in [5.74, 6) is -3.20. The zero-order valence-corrected chi connectivity index (χ0v) is 11.6. The second kappa shape index (κ2) is 5.79. The summed E-state index contributed by atoms with van der Waals surface area (Å²) in [5.41, 5.74) is -1.10. The van der Waals surface area contributed by atoms with Crippen molar-refractivity contribution in [2.75, 3.05) is 0 Å². The van der Waals surface area contributed by atoms with Gasteiger partial charge in [-0.15, -0.1) is 0 Å². The minimum Gasteiger partial charge on any atom is -0.476 e. The molecule has 0 aliphatic rings. The van der Waals surface area contributed by atoms with E-state index in [0.717, 1.165) is 24.5 Å². The molecule has 21 heavy (non-hydrogen) atoms. The Morgan fingerprint density at radius 1 is 1.38 bits per heavy atom. The van der Waals surface area contributed by atoms with E-state index in [4.69, 9.17) is 9.84 Å². The van der Waals surface area contributed by atoms with Crippen LogP contribution in [0.4, 0.5) is 10.1 Å². The van der Waals surface area contributed by atoms with Crippen LogP contribution < -0.4 is 4.74 Å². The fraction of sp³-hybridized carbons (Fsp3) is 0. The molecule has 0 fully saturated rings. The number of hydrogen-bond acceptors (Lipinski definition) is 6. The summed E-state index contributed by atoms with van der Waals surface area (Å²) < 4.78 is 18.4. The van der Waals surface area contributed by atoms with Crippen molar-refractivity contribution in [3.05, 3.63) is 50.6 Å². The fourth-order valence-corrected chi connectivity index (χ4v) is 1.72. The molecule has 0 amide bonds. The normalized spacial score (nSPS) is 10.2. The number of carboxylic acids is 1. The van der Waals surface area contributed by atoms with Crippen molar-refractivity contribution in [1.29, 1.82) is 0 Å². The van der Waals surface area contributed by atoms with Crippen LogP contribution in [0.25, 0.3) is 0 Å². The summed E-state index contributed by atoms with van der Waals surface area (Å²) in [4.78, 5) is 28.2. The van der Waals surface area contributed by atoms with Crippen LogP contribution in [0, 0.1) is 15.9 Å². The molecule has 0 aliphatic carbocycles. The second-order valence-electron chi connectivity index (χ2n) is 3.61. The van der Waals surface area contributed by atoms with Crippen LogP contribution in [-0.4, -0.2) is 26.0 Å². The molecule has 10 heteroatoms. The van der Waals surface area contributed by atoms with Crippen molar-refractivity contribution in [3.8, 4) is 11.6 Å². The highest BCUT2D eigenvalue weighted by molar-refractivity contribution is 9.10. The number of benzene rings is 1. The zero-order chi connectivity index (χ0) is 15.6. The molecule has 1 heterocycles. The number of hydrogen-bond donors (Lipinski definition) is 1. The molecule has 0 unspecified atom stereocenters. The fourth-order valence-electron chi connectivity index (χ4n) is 1.39. The van der Waals surface area contributed by atoms with Crippen LogP contribution in [0.3, 0.4) is 0 Å². The second-order valence-corrected chi connectivity index (χ2v) is 4.46. The first-order valence-corrected chi connectivity index (χ1v) is 6.05. The molecule has 0 atom stereocenters. The number of ether oxygens (including phenoxy) is 1. The lowest BCUT2D eigenvalue weighted by Gasteiger charge is -2.07. The number of nitro groups is 1. The van der Waals surface area contributed by atoms with E-state index in [0.29, 0.717) is 0 Å². The van der Waals surface area contributed by atoms with Crippen molar-refractivity contribution in [2.45, 2.75) is 0 Å². The van der Waals surface area contributed by atoms with Crippen LogP contribution in [-0.2, 0) is 0 Å². The number of aromatic carboxylic acids is 1. The number of aromatic nitrogens is 2. The molecular weight excluding hydrogens is 353 g/mol. The average Bonchev–Trinajstić information content (AvgIpc) is 2.42. The molecular formula is C11H5BrFN3O5. The van der Waals surface area contributed by atoms with Gasteiger partial charge >= 0.3 is 11.7 Å². The van der Waals surface area contributed by atoms with Gasteiger partial charge in [0, 0.05) is 24.5 Å². The quantitative estimate of drug-likeness (QED) is 0.660. The van der Waals surface area contributed by atoms with Gasteiger partial charge in [0.15, 0.2) is 0 Å². The number of halogens is 2. The van der Waals surface area contributed by atoms with E-state index in [2.05, 4.69) is 25.9 Å². The van der Waals surface area contributed by atoms with E-state index in [-0.39, 0.29) is 4.47 Å². The van der Waals surface area contributed by atoms with Gasteiger partial charge in [0.1, 0.15) is 5.82 Å². The largest absolute Gasteiger partial charge is 0.476 e. The molecule has 0 saturated heterocycles. The number of rotatable bonds is 4. The van der Waals surface area contributed by atoms with Crippen molar-refractivity contribution in [1.82, 2.24) is 9.97 Å². The topological polar surface area (TPSA) is 115 Å². The smallest absolute Gasteiger partial charge is 0.360 e. The first-order valence-electron chi connectivity index (χ1n) is 5.25. The van der Waals surface area contributed by atoms with E-state index in [1.54, 1.807) is 0 Å². The lowest BCUT2D eigenvalue weighted by Crippen LogP contribution is -2.05. The van der Waals surface area contributed by atoms with Crippen LogP contribution in [0.2, 0.25) is 0 Å². The van der Waals surface area contributed by atoms with Crippen molar-refractivity contribution >= 4 is 27.6 Å². The van der Waals surface area contributed by atoms with Crippen LogP contribution in [0.1, 0.15) is 10.5 Å². The highest BCUT2D eigenvalue weighted by atomic mass is 79.9. The van der Waals surface area contributed by atoms with E-state index < -0.39 is 39.7 Å². The first-order chi connectivity index (χ1) is 9.90. The number of carbonyl (C=O) groups is 1. The molecule has 0 saturated carbocycles. The molecule has 1 aromatic carbocycles. The summed E-state index contributed by atoms with van der Waals surface area (Å²) >= 11 is 2.81. The van der Waals surface area contributed by atoms with Gasteiger partial charge in [-0.05, 0) is 15.9 Å².